The van der Waals surface area contributed by atoms with E-state index in [1.54, 1.807) is 25.3 Å². The molecule has 2 aromatic carbocycles. The van der Waals surface area contributed by atoms with Gasteiger partial charge in [-0.2, -0.15) is 0 Å². The molecule has 5 heteroatoms. The molecule has 0 atom stereocenters. The van der Waals surface area contributed by atoms with Crippen molar-refractivity contribution in [2.24, 2.45) is 0 Å². The summed E-state index contributed by atoms with van der Waals surface area (Å²) >= 11 is 9.51. The van der Waals surface area contributed by atoms with Gasteiger partial charge in [-0.05, 0) is 36.4 Å². The van der Waals surface area contributed by atoms with Crippen LogP contribution >= 0.6 is 27.5 Å². The minimum absolute atomic E-state index is 0.345. The molecule has 0 amide bonds. The molecule has 0 N–H and O–H groups in total. The van der Waals surface area contributed by atoms with Gasteiger partial charge in [-0.1, -0.05) is 27.5 Å². The Kier molecular flexibility index (Phi) is 5.04. The highest BCUT2D eigenvalue weighted by Crippen LogP contribution is 2.28. The summed E-state index contributed by atoms with van der Waals surface area (Å²) in [6, 6.07) is 10.6. The van der Waals surface area contributed by atoms with Crippen LogP contribution in [0.1, 0.15) is 15.9 Å². The molecule has 0 spiro atoms. The van der Waals surface area contributed by atoms with Crippen molar-refractivity contribution in [2.45, 2.75) is 6.61 Å². The number of benzene rings is 2. The second-order valence-corrected chi connectivity index (χ2v) is 5.32. The molecule has 0 aliphatic rings. The van der Waals surface area contributed by atoms with E-state index in [2.05, 4.69) is 15.9 Å². The Labute approximate surface area is 130 Å². The van der Waals surface area contributed by atoms with Gasteiger partial charge in [-0.15, -0.1) is 0 Å². The summed E-state index contributed by atoms with van der Waals surface area (Å²) in [7, 11) is 1.61. The van der Waals surface area contributed by atoms with Gasteiger partial charge in [0.15, 0.2) is 0 Å². The van der Waals surface area contributed by atoms with E-state index in [-0.39, 0.29) is 0 Å². The summed E-state index contributed by atoms with van der Waals surface area (Å²) in [5.41, 5.74) is 1.46. The fourth-order valence-corrected chi connectivity index (χ4v) is 2.26. The summed E-state index contributed by atoms with van der Waals surface area (Å²) in [4.78, 5) is 10.6. The van der Waals surface area contributed by atoms with Crippen molar-refractivity contribution in [1.29, 1.82) is 0 Å². The molecule has 0 aliphatic heterocycles. The number of carbonyl (C=O) groups excluding carboxylic acids is 1. The summed E-state index contributed by atoms with van der Waals surface area (Å²) in [5, 5.41) is 0.411. The van der Waals surface area contributed by atoms with E-state index >= 15 is 0 Å². The number of ether oxygens (including phenoxy) is 2. The fraction of sp³-hybridized carbons (Fsp3) is 0.133. The Morgan fingerprint density at radius 3 is 2.70 bits per heavy atom. The van der Waals surface area contributed by atoms with Crippen molar-refractivity contribution >= 4 is 33.8 Å². The molecule has 0 fully saturated rings. The van der Waals surface area contributed by atoms with E-state index < -0.39 is 0 Å². The van der Waals surface area contributed by atoms with Crippen LogP contribution in [0.4, 0.5) is 0 Å². The first kappa shape index (κ1) is 14.9. The summed E-state index contributed by atoms with van der Waals surface area (Å²) in [6.07, 6.45) is 0.744. The van der Waals surface area contributed by atoms with Crippen molar-refractivity contribution in [2.75, 3.05) is 7.11 Å². The molecular weight excluding hydrogens is 344 g/mol. The van der Waals surface area contributed by atoms with Gasteiger partial charge in [0.05, 0.1) is 12.1 Å². The average Bonchev–Trinajstić information content (AvgIpc) is 2.47. The standard InChI is InChI=1S/C15H12BrClO3/c1-19-12-3-4-13(16)11(7-12)9-20-15-5-2-10(8-18)6-14(15)17/h2-8H,9H2,1H3. The minimum atomic E-state index is 0.345. The first-order chi connectivity index (χ1) is 9.63. The fourth-order valence-electron chi connectivity index (χ4n) is 1.65. The Morgan fingerprint density at radius 2 is 2.05 bits per heavy atom. The minimum Gasteiger partial charge on any atom is -0.497 e. The van der Waals surface area contributed by atoms with Gasteiger partial charge < -0.3 is 9.47 Å². The molecule has 2 rings (SSSR count). The van der Waals surface area contributed by atoms with Crippen LogP contribution in [-0.4, -0.2) is 13.4 Å². The van der Waals surface area contributed by atoms with Gasteiger partial charge >= 0.3 is 0 Å². The monoisotopic (exact) mass is 354 g/mol. The van der Waals surface area contributed by atoms with Crippen LogP contribution in [0.3, 0.4) is 0 Å². The van der Waals surface area contributed by atoms with Crippen LogP contribution in [0.15, 0.2) is 40.9 Å². The maximum atomic E-state index is 10.6. The smallest absolute Gasteiger partial charge is 0.150 e. The first-order valence-electron chi connectivity index (χ1n) is 5.84. The average molecular weight is 356 g/mol. The molecule has 0 saturated carbocycles. The van der Waals surface area contributed by atoms with Crippen molar-refractivity contribution in [1.82, 2.24) is 0 Å². The molecule has 3 nitrogen and oxygen atoms in total. The van der Waals surface area contributed by atoms with E-state index in [1.807, 2.05) is 18.2 Å². The maximum absolute atomic E-state index is 10.6. The molecular formula is C15H12BrClO3. The van der Waals surface area contributed by atoms with Crippen molar-refractivity contribution in [3.05, 3.63) is 57.0 Å². The van der Waals surface area contributed by atoms with Crippen LogP contribution in [0.5, 0.6) is 11.5 Å². The lowest BCUT2D eigenvalue weighted by Crippen LogP contribution is -1.98. The largest absolute Gasteiger partial charge is 0.497 e. The van der Waals surface area contributed by atoms with Gasteiger partial charge in [0, 0.05) is 15.6 Å². The molecule has 2 aromatic rings. The number of hydrogen-bond donors (Lipinski definition) is 0. The highest BCUT2D eigenvalue weighted by Gasteiger charge is 2.06. The van der Waals surface area contributed by atoms with Gasteiger partial charge in [0.2, 0.25) is 0 Å². The Morgan fingerprint density at radius 1 is 1.25 bits per heavy atom. The lowest BCUT2D eigenvalue weighted by molar-refractivity contribution is 0.112. The Bertz CT molecular complexity index is 629. The molecule has 0 heterocycles. The molecule has 104 valence electrons. The Hall–Kier alpha value is -1.52. The van der Waals surface area contributed by atoms with Gasteiger partial charge in [0.1, 0.15) is 24.4 Å². The van der Waals surface area contributed by atoms with Gasteiger partial charge in [-0.25, -0.2) is 0 Å². The number of aldehydes is 1. The van der Waals surface area contributed by atoms with E-state index in [4.69, 9.17) is 21.1 Å². The number of halogens is 2. The van der Waals surface area contributed by atoms with E-state index in [0.29, 0.717) is 22.9 Å². The van der Waals surface area contributed by atoms with E-state index in [0.717, 1.165) is 22.1 Å². The van der Waals surface area contributed by atoms with Crippen LogP contribution in [0.2, 0.25) is 5.02 Å². The van der Waals surface area contributed by atoms with Crippen LogP contribution in [-0.2, 0) is 6.61 Å². The topological polar surface area (TPSA) is 35.5 Å². The zero-order valence-electron chi connectivity index (χ0n) is 10.7. The second-order valence-electron chi connectivity index (χ2n) is 4.05. The molecule has 0 unspecified atom stereocenters. The van der Waals surface area contributed by atoms with Crippen molar-refractivity contribution < 1.29 is 14.3 Å². The SMILES string of the molecule is COc1ccc(Br)c(COc2ccc(C=O)cc2Cl)c1. The van der Waals surface area contributed by atoms with E-state index in [1.165, 1.54) is 0 Å². The van der Waals surface area contributed by atoms with Gasteiger partial charge in [-0.3, -0.25) is 4.79 Å². The zero-order valence-corrected chi connectivity index (χ0v) is 13.1. The quantitative estimate of drug-likeness (QED) is 0.741. The highest BCUT2D eigenvalue weighted by atomic mass is 79.9. The summed E-state index contributed by atoms with van der Waals surface area (Å²) in [6.45, 7) is 0.345. The number of methoxy groups -OCH3 is 1. The van der Waals surface area contributed by atoms with Crippen molar-refractivity contribution in [3.8, 4) is 11.5 Å². The third-order valence-corrected chi connectivity index (χ3v) is 3.80. The first-order valence-corrected chi connectivity index (χ1v) is 7.01. The predicted molar refractivity (Wildman–Crippen MR) is 81.9 cm³/mol. The highest BCUT2D eigenvalue weighted by molar-refractivity contribution is 9.10. The third-order valence-electron chi connectivity index (χ3n) is 2.73. The number of carbonyl (C=O) groups is 1. The summed E-state index contributed by atoms with van der Waals surface area (Å²) < 4.78 is 11.8. The molecule has 0 saturated heterocycles. The maximum Gasteiger partial charge on any atom is 0.150 e. The van der Waals surface area contributed by atoms with Crippen LogP contribution in [0, 0.1) is 0 Å². The lowest BCUT2D eigenvalue weighted by Gasteiger charge is -2.11. The molecule has 20 heavy (non-hydrogen) atoms. The Balaban J connectivity index is 2.14. The second kappa shape index (κ2) is 6.77. The molecule has 0 aliphatic carbocycles. The third kappa shape index (κ3) is 3.52. The predicted octanol–water partition coefficient (Wildman–Crippen LogP) is 4.50. The molecule has 0 bridgehead atoms. The molecule has 0 aromatic heterocycles. The normalized spacial score (nSPS) is 10.2. The number of hydrogen-bond acceptors (Lipinski definition) is 3. The van der Waals surface area contributed by atoms with E-state index in [9.17, 15) is 4.79 Å². The van der Waals surface area contributed by atoms with Crippen LogP contribution < -0.4 is 9.47 Å². The van der Waals surface area contributed by atoms with Gasteiger partial charge in [0.25, 0.3) is 0 Å². The van der Waals surface area contributed by atoms with Crippen LogP contribution in [0.25, 0.3) is 0 Å². The lowest BCUT2D eigenvalue weighted by atomic mass is 10.2. The zero-order chi connectivity index (χ0) is 14.5. The summed E-state index contributed by atoms with van der Waals surface area (Å²) in [5.74, 6) is 1.29. The number of rotatable bonds is 5. The van der Waals surface area contributed by atoms with Crippen molar-refractivity contribution in [3.63, 3.8) is 0 Å². The molecule has 0 radical (unpaired) electrons.